The molecular formula is C9H11N5OS. The minimum atomic E-state index is -0.246. The van der Waals surface area contributed by atoms with Crippen LogP contribution in [0.5, 0.6) is 0 Å². The van der Waals surface area contributed by atoms with Gasteiger partial charge in [-0.05, 0) is 6.92 Å². The third kappa shape index (κ3) is 2.63. The predicted molar refractivity (Wildman–Crippen MR) is 59.3 cm³/mol. The highest BCUT2D eigenvalue weighted by molar-refractivity contribution is 7.09. The lowest BCUT2D eigenvalue weighted by Gasteiger charge is -2.00. The Kier molecular flexibility index (Phi) is 3.25. The van der Waals surface area contributed by atoms with Gasteiger partial charge in [0.25, 0.3) is 5.91 Å². The molecule has 2 N–H and O–H groups in total. The average Bonchev–Trinajstić information content (AvgIpc) is 2.89. The average molecular weight is 237 g/mol. The van der Waals surface area contributed by atoms with Gasteiger partial charge in [0.15, 0.2) is 0 Å². The van der Waals surface area contributed by atoms with E-state index in [9.17, 15) is 4.79 Å². The van der Waals surface area contributed by atoms with Crippen molar-refractivity contribution in [2.24, 2.45) is 0 Å². The summed E-state index contributed by atoms with van der Waals surface area (Å²) in [6, 6.07) is 0. The van der Waals surface area contributed by atoms with Crippen LogP contribution < -0.4 is 5.32 Å². The van der Waals surface area contributed by atoms with Gasteiger partial charge in [-0.3, -0.25) is 9.89 Å². The fraction of sp³-hybridized carbons (Fsp3) is 0.333. The normalized spacial score (nSPS) is 10.3. The van der Waals surface area contributed by atoms with Crippen LogP contribution in [0.2, 0.25) is 0 Å². The monoisotopic (exact) mass is 237 g/mol. The molecular weight excluding hydrogens is 226 g/mol. The number of H-pyrrole nitrogens is 1. The Balaban J connectivity index is 1.78. The van der Waals surface area contributed by atoms with Crippen LogP contribution in [-0.2, 0) is 6.42 Å². The summed E-state index contributed by atoms with van der Waals surface area (Å²) >= 11 is 1.61. The number of aromatic nitrogens is 4. The third-order valence-corrected chi connectivity index (χ3v) is 2.79. The van der Waals surface area contributed by atoms with Crippen molar-refractivity contribution in [2.45, 2.75) is 13.3 Å². The lowest BCUT2D eigenvalue weighted by Crippen LogP contribution is -2.26. The summed E-state index contributed by atoms with van der Waals surface area (Å²) < 4.78 is 0. The summed E-state index contributed by atoms with van der Waals surface area (Å²) in [5.74, 6) is -0.0149. The molecule has 16 heavy (non-hydrogen) atoms. The fourth-order valence-electron chi connectivity index (χ4n) is 1.23. The molecule has 2 aromatic rings. The number of aryl methyl sites for hydroxylation is 1. The van der Waals surface area contributed by atoms with Crippen molar-refractivity contribution in [3.8, 4) is 0 Å². The van der Waals surface area contributed by atoms with Crippen LogP contribution in [0.3, 0.4) is 0 Å². The first-order valence-electron chi connectivity index (χ1n) is 4.80. The summed E-state index contributed by atoms with van der Waals surface area (Å²) in [7, 11) is 0. The predicted octanol–water partition coefficient (Wildman–Crippen LogP) is 0.542. The number of amides is 1. The lowest BCUT2D eigenvalue weighted by molar-refractivity contribution is 0.0944. The van der Waals surface area contributed by atoms with E-state index >= 15 is 0 Å². The Morgan fingerprint density at radius 1 is 1.62 bits per heavy atom. The van der Waals surface area contributed by atoms with Crippen molar-refractivity contribution < 1.29 is 4.79 Å². The van der Waals surface area contributed by atoms with E-state index in [1.165, 1.54) is 6.33 Å². The SMILES string of the molecule is Cc1nc(CCNC(=O)c2ncn[nH]2)cs1. The molecule has 0 fully saturated rings. The topological polar surface area (TPSA) is 83.6 Å². The first-order valence-corrected chi connectivity index (χ1v) is 5.68. The van der Waals surface area contributed by atoms with E-state index in [1.807, 2.05) is 12.3 Å². The van der Waals surface area contributed by atoms with Crippen LogP contribution in [0.4, 0.5) is 0 Å². The summed E-state index contributed by atoms with van der Waals surface area (Å²) in [6.07, 6.45) is 2.03. The molecule has 0 aliphatic carbocycles. The van der Waals surface area contributed by atoms with Crippen molar-refractivity contribution >= 4 is 17.2 Å². The largest absolute Gasteiger partial charge is 0.349 e. The van der Waals surface area contributed by atoms with E-state index in [4.69, 9.17) is 0 Å². The summed E-state index contributed by atoms with van der Waals surface area (Å²) in [5.41, 5.74) is 1.00. The minimum absolute atomic E-state index is 0.231. The Bertz CT molecular complexity index is 464. The van der Waals surface area contributed by atoms with Crippen LogP contribution in [0.15, 0.2) is 11.7 Å². The molecule has 0 atom stereocenters. The number of hydrogen-bond donors (Lipinski definition) is 2. The highest BCUT2D eigenvalue weighted by Crippen LogP contribution is 2.07. The van der Waals surface area contributed by atoms with E-state index in [-0.39, 0.29) is 11.7 Å². The number of hydrogen-bond acceptors (Lipinski definition) is 5. The standard InChI is InChI=1S/C9H11N5OS/c1-6-13-7(4-16-6)2-3-10-9(15)8-11-5-12-14-8/h4-5H,2-3H2,1H3,(H,10,15)(H,11,12,14). The molecule has 2 heterocycles. The number of nitrogens with zero attached hydrogens (tertiary/aromatic N) is 3. The molecule has 0 aliphatic heterocycles. The van der Waals surface area contributed by atoms with Gasteiger partial charge in [-0.25, -0.2) is 9.97 Å². The zero-order valence-corrected chi connectivity index (χ0v) is 9.54. The molecule has 7 heteroatoms. The Morgan fingerprint density at radius 3 is 3.12 bits per heavy atom. The van der Waals surface area contributed by atoms with Gasteiger partial charge in [0, 0.05) is 18.3 Å². The highest BCUT2D eigenvalue weighted by Gasteiger charge is 2.07. The lowest BCUT2D eigenvalue weighted by atomic mass is 10.3. The van der Waals surface area contributed by atoms with Gasteiger partial charge in [-0.1, -0.05) is 0 Å². The second-order valence-electron chi connectivity index (χ2n) is 3.20. The van der Waals surface area contributed by atoms with E-state index in [0.29, 0.717) is 6.54 Å². The number of carbonyl (C=O) groups excluding carboxylic acids is 1. The zero-order chi connectivity index (χ0) is 11.4. The molecule has 0 radical (unpaired) electrons. The molecule has 0 spiro atoms. The van der Waals surface area contributed by atoms with E-state index in [0.717, 1.165) is 17.1 Å². The maximum Gasteiger partial charge on any atom is 0.288 e. The number of thiazole rings is 1. The van der Waals surface area contributed by atoms with Crippen LogP contribution >= 0.6 is 11.3 Å². The van der Waals surface area contributed by atoms with Crippen molar-refractivity contribution in [2.75, 3.05) is 6.54 Å². The van der Waals surface area contributed by atoms with Gasteiger partial charge in [-0.15, -0.1) is 11.3 Å². The second-order valence-corrected chi connectivity index (χ2v) is 4.26. The Labute approximate surface area is 96.1 Å². The third-order valence-electron chi connectivity index (χ3n) is 1.96. The minimum Gasteiger partial charge on any atom is -0.349 e. The Hall–Kier alpha value is -1.76. The smallest absolute Gasteiger partial charge is 0.288 e. The molecule has 2 aromatic heterocycles. The Morgan fingerprint density at radius 2 is 2.50 bits per heavy atom. The van der Waals surface area contributed by atoms with Crippen molar-refractivity contribution in [3.63, 3.8) is 0 Å². The second kappa shape index (κ2) is 4.84. The molecule has 0 aliphatic rings. The number of nitrogens with one attached hydrogen (secondary N) is 2. The van der Waals surface area contributed by atoms with Crippen molar-refractivity contribution in [3.05, 3.63) is 28.2 Å². The van der Waals surface area contributed by atoms with Crippen molar-refractivity contribution in [1.82, 2.24) is 25.5 Å². The van der Waals surface area contributed by atoms with Gasteiger partial charge < -0.3 is 5.32 Å². The first-order chi connectivity index (χ1) is 7.75. The van der Waals surface area contributed by atoms with Crippen LogP contribution in [0.1, 0.15) is 21.3 Å². The van der Waals surface area contributed by atoms with Crippen LogP contribution in [0.25, 0.3) is 0 Å². The number of rotatable bonds is 4. The maximum atomic E-state index is 11.4. The van der Waals surface area contributed by atoms with Gasteiger partial charge in [0.2, 0.25) is 5.82 Å². The fourth-order valence-corrected chi connectivity index (χ4v) is 1.87. The van der Waals surface area contributed by atoms with E-state index in [2.05, 4.69) is 25.5 Å². The zero-order valence-electron chi connectivity index (χ0n) is 8.73. The summed E-state index contributed by atoms with van der Waals surface area (Å²) in [6.45, 7) is 2.50. The van der Waals surface area contributed by atoms with Gasteiger partial charge >= 0.3 is 0 Å². The van der Waals surface area contributed by atoms with E-state index < -0.39 is 0 Å². The number of aromatic amines is 1. The van der Waals surface area contributed by atoms with Gasteiger partial charge in [0.1, 0.15) is 6.33 Å². The van der Waals surface area contributed by atoms with Crippen LogP contribution in [0, 0.1) is 6.92 Å². The molecule has 1 amide bonds. The quantitative estimate of drug-likeness (QED) is 0.813. The molecule has 0 unspecified atom stereocenters. The highest BCUT2D eigenvalue weighted by atomic mass is 32.1. The molecule has 0 aromatic carbocycles. The first kappa shape index (κ1) is 10.7. The molecule has 6 nitrogen and oxygen atoms in total. The van der Waals surface area contributed by atoms with Gasteiger partial charge in [-0.2, -0.15) is 5.10 Å². The molecule has 0 saturated heterocycles. The molecule has 84 valence electrons. The molecule has 0 saturated carbocycles. The number of carbonyl (C=O) groups is 1. The van der Waals surface area contributed by atoms with Gasteiger partial charge in [0.05, 0.1) is 10.7 Å². The van der Waals surface area contributed by atoms with E-state index in [1.54, 1.807) is 11.3 Å². The maximum absolute atomic E-state index is 11.4. The van der Waals surface area contributed by atoms with Crippen LogP contribution in [-0.4, -0.2) is 32.6 Å². The molecule has 2 rings (SSSR count). The molecule has 0 bridgehead atoms. The van der Waals surface area contributed by atoms with Crippen molar-refractivity contribution in [1.29, 1.82) is 0 Å². The summed E-state index contributed by atoms with van der Waals surface area (Å²) in [4.78, 5) is 19.5. The summed E-state index contributed by atoms with van der Waals surface area (Å²) in [5, 5.41) is 11.9.